The molecule has 3 heteroatoms. The Bertz CT molecular complexity index is 145. The molecule has 2 N–H and O–H groups in total. The quantitative estimate of drug-likeness (QED) is 0.610. The highest BCUT2D eigenvalue weighted by Gasteiger charge is 1.98. The summed E-state index contributed by atoms with van der Waals surface area (Å²) in [5, 5.41) is 2.78. The highest BCUT2D eigenvalue weighted by atomic mass is 32.1. The van der Waals surface area contributed by atoms with Crippen molar-refractivity contribution in [3.05, 3.63) is 23.5 Å². The molecule has 0 saturated carbocycles. The van der Waals surface area contributed by atoms with Gasteiger partial charge in [-0.15, -0.1) is 11.3 Å². The third-order valence-electron chi connectivity index (χ3n) is 0.769. The van der Waals surface area contributed by atoms with E-state index >= 15 is 0 Å². The fourth-order valence-corrected chi connectivity index (χ4v) is 0.975. The highest BCUT2D eigenvalue weighted by Crippen LogP contribution is 2.10. The summed E-state index contributed by atoms with van der Waals surface area (Å²) < 4.78 is 0. The van der Waals surface area contributed by atoms with Crippen molar-refractivity contribution < 1.29 is 0 Å². The Balaban J connectivity index is 2.77. The molecule has 1 aromatic rings. The molecule has 0 amide bonds. The first kappa shape index (κ1) is 5.72. The predicted octanol–water partition coefficient (Wildman–Crippen LogP) is 0.977. The molecule has 0 aromatic carbocycles. The van der Waals surface area contributed by atoms with E-state index in [1.54, 1.807) is 6.20 Å². The van der Waals surface area contributed by atoms with Crippen molar-refractivity contribution in [2.45, 2.75) is 6.04 Å². The van der Waals surface area contributed by atoms with E-state index in [0.717, 1.165) is 5.01 Å². The lowest BCUT2D eigenvalue weighted by molar-refractivity contribution is 0.891. The normalized spacial score (nSPS) is 13.8. The fraction of sp³-hybridized carbons (Fsp3) is 0.200. The van der Waals surface area contributed by atoms with Crippen LogP contribution in [0.5, 0.6) is 0 Å². The van der Waals surface area contributed by atoms with Crippen LogP contribution in [0.4, 0.5) is 0 Å². The summed E-state index contributed by atoms with van der Waals surface area (Å²) >= 11 is 1.53. The van der Waals surface area contributed by atoms with Gasteiger partial charge < -0.3 is 5.73 Å². The van der Waals surface area contributed by atoms with Gasteiger partial charge in [-0.05, 0) is 6.92 Å². The van der Waals surface area contributed by atoms with Gasteiger partial charge in [0.05, 0.1) is 6.04 Å². The average Bonchev–Trinajstić information content (AvgIpc) is 2.12. The maximum absolute atomic E-state index is 5.39. The molecular formula is C5H7N2S. The van der Waals surface area contributed by atoms with Crippen molar-refractivity contribution >= 4 is 11.3 Å². The summed E-state index contributed by atoms with van der Waals surface area (Å²) in [4.78, 5) is 3.95. The van der Waals surface area contributed by atoms with Crippen molar-refractivity contribution in [1.82, 2.24) is 4.98 Å². The van der Waals surface area contributed by atoms with Gasteiger partial charge in [0.2, 0.25) is 0 Å². The van der Waals surface area contributed by atoms with E-state index in [0.29, 0.717) is 0 Å². The van der Waals surface area contributed by atoms with Crippen molar-refractivity contribution in [3.8, 4) is 0 Å². The summed E-state index contributed by atoms with van der Waals surface area (Å²) in [6.45, 7) is 3.61. The standard InChI is InChI=1S/C5H7N2S/c1-4(6)5-7-2-3-8-5/h2-4H,1,6H2. The molecule has 1 unspecified atom stereocenters. The van der Waals surface area contributed by atoms with Gasteiger partial charge in [0.25, 0.3) is 0 Å². The SMILES string of the molecule is [CH2]C(N)c1nccs1. The Morgan fingerprint density at radius 3 is 2.88 bits per heavy atom. The Labute approximate surface area is 52.4 Å². The van der Waals surface area contributed by atoms with E-state index in [4.69, 9.17) is 5.73 Å². The maximum atomic E-state index is 5.39. The molecule has 2 nitrogen and oxygen atoms in total. The number of hydrogen-bond acceptors (Lipinski definition) is 3. The van der Waals surface area contributed by atoms with Crippen LogP contribution in [0.25, 0.3) is 0 Å². The lowest BCUT2D eigenvalue weighted by Crippen LogP contribution is -2.03. The Morgan fingerprint density at radius 2 is 2.62 bits per heavy atom. The first-order valence-corrected chi connectivity index (χ1v) is 3.16. The van der Waals surface area contributed by atoms with Crippen molar-refractivity contribution in [2.24, 2.45) is 5.73 Å². The molecule has 8 heavy (non-hydrogen) atoms. The summed E-state index contributed by atoms with van der Waals surface area (Å²) in [7, 11) is 0. The van der Waals surface area contributed by atoms with Crippen LogP contribution >= 0.6 is 11.3 Å². The number of aromatic nitrogens is 1. The van der Waals surface area contributed by atoms with Gasteiger partial charge in [0.1, 0.15) is 5.01 Å². The fourth-order valence-electron chi connectivity index (χ4n) is 0.418. The molecule has 0 saturated heterocycles. The molecule has 0 fully saturated rings. The molecule has 1 rings (SSSR count). The van der Waals surface area contributed by atoms with Crippen LogP contribution in [0, 0.1) is 6.92 Å². The zero-order chi connectivity index (χ0) is 5.98. The largest absolute Gasteiger partial charge is 0.322 e. The number of rotatable bonds is 1. The molecule has 0 aliphatic rings. The summed E-state index contributed by atoms with van der Waals surface area (Å²) in [5.74, 6) is 0. The molecular weight excluding hydrogens is 120 g/mol. The zero-order valence-corrected chi connectivity index (χ0v) is 5.19. The molecule has 0 spiro atoms. The smallest absolute Gasteiger partial charge is 0.109 e. The molecule has 1 heterocycles. The summed E-state index contributed by atoms with van der Waals surface area (Å²) in [6, 6.07) is -0.157. The third-order valence-corrected chi connectivity index (χ3v) is 1.68. The predicted molar refractivity (Wildman–Crippen MR) is 34.4 cm³/mol. The van der Waals surface area contributed by atoms with E-state index in [1.807, 2.05) is 5.38 Å². The van der Waals surface area contributed by atoms with Gasteiger partial charge in [-0.25, -0.2) is 4.98 Å². The van der Waals surface area contributed by atoms with E-state index in [2.05, 4.69) is 11.9 Å². The van der Waals surface area contributed by atoms with E-state index in [9.17, 15) is 0 Å². The molecule has 1 atom stereocenters. The second-order valence-electron chi connectivity index (χ2n) is 1.48. The molecule has 0 bridgehead atoms. The Kier molecular flexibility index (Phi) is 1.60. The zero-order valence-electron chi connectivity index (χ0n) is 4.37. The minimum absolute atomic E-state index is 0.157. The number of thiazole rings is 1. The van der Waals surface area contributed by atoms with Crippen LogP contribution in [-0.2, 0) is 0 Å². The number of hydrogen-bond donors (Lipinski definition) is 1. The highest BCUT2D eigenvalue weighted by molar-refractivity contribution is 7.09. The van der Waals surface area contributed by atoms with Crippen LogP contribution < -0.4 is 5.73 Å². The van der Waals surface area contributed by atoms with Gasteiger partial charge in [0.15, 0.2) is 0 Å². The van der Waals surface area contributed by atoms with Gasteiger partial charge in [-0.1, -0.05) is 0 Å². The molecule has 0 aliphatic carbocycles. The van der Waals surface area contributed by atoms with Gasteiger partial charge in [-0.2, -0.15) is 0 Å². The van der Waals surface area contributed by atoms with E-state index in [1.165, 1.54) is 11.3 Å². The number of nitrogens with two attached hydrogens (primary N) is 1. The van der Waals surface area contributed by atoms with Crippen LogP contribution in [-0.4, -0.2) is 4.98 Å². The first-order chi connectivity index (χ1) is 3.80. The molecule has 0 aliphatic heterocycles. The first-order valence-electron chi connectivity index (χ1n) is 2.29. The van der Waals surface area contributed by atoms with Crippen molar-refractivity contribution in [2.75, 3.05) is 0 Å². The van der Waals surface area contributed by atoms with E-state index in [-0.39, 0.29) is 6.04 Å². The van der Waals surface area contributed by atoms with Crippen LogP contribution in [0.15, 0.2) is 11.6 Å². The summed E-state index contributed by atoms with van der Waals surface area (Å²) in [6.07, 6.45) is 1.73. The molecule has 1 aromatic heterocycles. The average molecular weight is 127 g/mol. The number of nitrogens with zero attached hydrogens (tertiary/aromatic N) is 1. The molecule has 43 valence electrons. The van der Waals surface area contributed by atoms with Gasteiger partial charge in [0, 0.05) is 11.6 Å². The third kappa shape index (κ3) is 1.05. The second kappa shape index (κ2) is 2.24. The van der Waals surface area contributed by atoms with Crippen LogP contribution in [0.1, 0.15) is 11.0 Å². The van der Waals surface area contributed by atoms with E-state index < -0.39 is 0 Å². The topological polar surface area (TPSA) is 38.9 Å². The van der Waals surface area contributed by atoms with Crippen molar-refractivity contribution in [3.63, 3.8) is 0 Å². The Morgan fingerprint density at radius 1 is 1.88 bits per heavy atom. The van der Waals surface area contributed by atoms with Gasteiger partial charge in [-0.3, -0.25) is 0 Å². The lowest BCUT2D eigenvalue weighted by atomic mass is 10.4. The summed E-state index contributed by atoms with van der Waals surface area (Å²) in [5.41, 5.74) is 5.39. The maximum Gasteiger partial charge on any atom is 0.109 e. The second-order valence-corrected chi connectivity index (χ2v) is 2.40. The van der Waals surface area contributed by atoms with Gasteiger partial charge >= 0.3 is 0 Å². The van der Waals surface area contributed by atoms with Crippen LogP contribution in [0.3, 0.4) is 0 Å². The van der Waals surface area contributed by atoms with Crippen molar-refractivity contribution in [1.29, 1.82) is 0 Å². The van der Waals surface area contributed by atoms with Crippen LogP contribution in [0.2, 0.25) is 0 Å². The molecule has 1 radical (unpaired) electrons. The monoisotopic (exact) mass is 127 g/mol. The minimum atomic E-state index is -0.157. The lowest BCUT2D eigenvalue weighted by Gasteiger charge is -1.94. The minimum Gasteiger partial charge on any atom is -0.322 e. The Hall–Kier alpha value is -0.410.